The standard InChI is InChI=1S/C26H24N2P2Se2.2C2H6N.Ti/c31-29(23-13-5-1-6-14-23,24-15-7-2-8-16-24)27-21-22-28-30(32,25-17-9-3-10-18-25)26-19-11-4-12-20-26;2*1-3-2;/h1-20H,21-22H2;2*1-2H3;/q-2;2*-1;+4. The van der Waals surface area contributed by atoms with Crippen LogP contribution in [0.4, 0.5) is 0 Å². The molecule has 4 rings (SSSR count). The third-order valence-electron chi connectivity index (χ3n) is 5.12. The summed E-state index contributed by atoms with van der Waals surface area (Å²) in [5.41, 5.74) is -3.92. The molecule has 0 aliphatic carbocycles. The predicted molar refractivity (Wildman–Crippen MR) is 177 cm³/mol. The molecular weight excluding hydrogens is 684 g/mol. The van der Waals surface area contributed by atoms with Crippen LogP contribution in [0.2, 0.25) is 0 Å². The fourth-order valence-electron chi connectivity index (χ4n) is 3.52. The molecule has 0 bridgehead atoms. The molecule has 4 nitrogen and oxygen atoms in total. The summed E-state index contributed by atoms with van der Waals surface area (Å²) in [6.07, 6.45) is 0. The van der Waals surface area contributed by atoms with E-state index >= 15 is 0 Å². The van der Waals surface area contributed by atoms with E-state index in [1.807, 2.05) is 0 Å². The van der Waals surface area contributed by atoms with Crippen LogP contribution in [0.3, 0.4) is 0 Å². The minimum absolute atomic E-state index is 0. The fourth-order valence-corrected chi connectivity index (χ4v) is 11.9. The first kappa shape index (κ1) is 36.4. The summed E-state index contributed by atoms with van der Waals surface area (Å²) < 4.78 is 0. The first-order valence-corrected chi connectivity index (χ1v) is 20.1. The summed E-state index contributed by atoms with van der Waals surface area (Å²) >= 11 is 6.98. The molecule has 0 spiro atoms. The SMILES string of the molecule is C[N-]C.C[N-]C.[Se]=P([N-]CC[N-]P(=[Se])(c1ccccc1)c1ccccc1)(c1ccccc1)c1ccccc1.[Ti+4]. The van der Waals surface area contributed by atoms with Crippen LogP contribution in [-0.2, 0) is 21.7 Å². The zero-order valence-corrected chi connectivity index (χ0v) is 29.7. The van der Waals surface area contributed by atoms with Gasteiger partial charge in [-0.1, -0.05) is 0 Å². The average molecular weight is 720 g/mol. The van der Waals surface area contributed by atoms with E-state index in [-0.39, 0.29) is 21.7 Å². The minimum Gasteiger partial charge on any atom is 4.00 e. The number of hydrogen-bond acceptors (Lipinski definition) is 0. The number of hydrogen-bond donors (Lipinski definition) is 0. The van der Waals surface area contributed by atoms with E-state index in [0.29, 0.717) is 13.1 Å². The Morgan fingerprint density at radius 1 is 0.436 bits per heavy atom. The molecule has 0 amide bonds. The molecule has 0 saturated carbocycles. The molecule has 4 aromatic rings. The van der Waals surface area contributed by atoms with Crippen LogP contribution < -0.4 is 21.2 Å². The van der Waals surface area contributed by atoms with Gasteiger partial charge in [-0.3, -0.25) is 0 Å². The molecule has 0 atom stereocenters. The predicted octanol–water partition coefficient (Wildman–Crippen LogP) is 6.30. The van der Waals surface area contributed by atoms with Gasteiger partial charge in [-0.2, -0.15) is 28.2 Å². The number of rotatable bonds is 9. The Labute approximate surface area is 266 Å². The summed E-state index contributed by atoms with van der Waals surface area (Å²) in [7, 11) is 7.00. The molecule has 0 unspecified atom stereocenters. The van der Waals surface area contributed by atoms with Crippen LogP contribution in [0.25, 0.3) is 20.8 Å². The molecule has 0 aromatic heterocycles. The average Bonchev–Trinajstić information content (AvgIpc) is 2.98. The third kappa shape index (κ3) is 11.3. The van der Waals surface area contributed by atoms with Crippen molar-refractivity contribution in [1.82, 2.24) is 0 Å². The topological polar surface area (TPSA) is 56.4 Å². The molecule has 0 fully saturated rings. The van der Waals surface area contributed by atoms with E-state index in [1.165, 1.54) is 21.2 Å². The molecule has 202 valence electrons. The van der Waals surface area contributed by atoms with Crippen molar-refractivity contribution >= 4 is 62.7 Å². The monoisotopic (exact) mass is 722 g/mol. The van der Waals surface area contributed by atoms with E-state index in [2.05, 4.69) is 162 Å². The van der Waals surface area contributed by atoms with Gasteiger partial charge in [0.15, 0.2) is 0 Å². The molecule has 0 N–H and O–H groups in total. The van der Waals surface area contributed by atoms with Crippen LogP contribution in [0.15, 0.2) is 121 Å². The van der Waals surface area contributed by atoms with Crippen LogP contribution >= 0.6 is 11.3 Å². The van der Waals surface area contributed by atoms with Crippen molar-refractivity contribution in [2.24, 2.45) is 0 Å². The Morgan fingerprint density at radius 3 is 0.795 bits per heavy atom. The second kappa shape index (κ2) is 20.2. The van der Waals surface area contributed by atoms with Gasteiger partial charge < -0.3 is 10.6 Å². The largest absolute Gasteiger partial charge is 4.00 e. The third-order valence-corrected chi connectivity index (χ3v) is 17.1. The summed E-state index contributed by atoms with van der Waals surface area (Å²) in [5.74, 6) is 0. The van der Waals surface area contributed by atoms with Crippen molar-refractivity contribution in [2.45, 2.75) is 0 Å². The Hall–Kier alpha value is -0.667. The van der Waals surface area contributed by atoms with E-state index in [1.54, 1.807) is 28.2 Å². The molecule has 9 heteroatoms. The van der Waals surface area contributed by atoms with E-state index in [9.17, 15) is 0 Å². The van der Waals surface area contributed by atoms with Gasteiger partial charge in [0.2, 0.25) is 0 Å². The van der Waals surface area contributed by atoms with Gasteiger partial charge in [0.05, 0.1) is 0 Å². The molecule has 0 radical (unpaired) electrons. The van der Waals surface area contributed by atoms with Gasteiger partial charge in [-0.15, -0.1) is 0 Å². The zero-order chi connectivity index (χ0) is 27.7. The second-order valence-corrected chi connectivity index (χ2v) is 19.7. The van der Waals surface area contributed by atoms with Crippen LogP contribution in [0.1, 0.15) is 0 Å². The van der Waals surface area contributed by atoms with Crippen molar-refractivity contribution in [2.75, 3.05) is 41.3 Å². The van der Waals surface area contributed by atoms with Crippen molar-refractivity contribution in [1.29, 1.82) is 0 Å². The van der Waals surface area contributed by atoms with E-state index in [0.717, 1.165) is 0 Å². The van der Waals surface area contributed by atoms with E-state index < -0.39 is 11.3 Å². The summed E-state index contributed by atoms with van der Waals surface area (Å²) in [4.78, 5) is 0. The van der Waals surface area contributed by atoms with E-state index in [4.69, 9.17) is 10.2 Å². The van der Waals surface area contributed by atoms with Gasteiger partial charge in [0.25, 0.3) is 0 Å². The quantitative estimate of drug-likeness (QED) is 0.111. The molecule has 39 heavy (non-hydrogen) atoms. The zero-order valence-electron chi connectivity index (χ0n) is 23.0. The van der Waals surface area contributed by atoms with Crippen molar-refractivity contribution in [3.05, 3.63) is 142 Å². The van der Waals surface area contributed by atoms with Gasteiger partial charge in [-0.25, -0.2) is 0 Å². The molecule has 0 saturated heterocycles. The summed E-state index contributed by atoms with van der Waals surface area (Å²) in [6, 6.07) is 42.4. The van der Waals surface area contributed by atoms with Crippen LogP contribution in [0, 0.1) is 0 Å². The Bertz CT molecular complexity index is 1080. The molecular formula is C30H36N4P2Se2Ti. The van der Waals surface area contributed by atoms with Crippen LogP contribution in [0.5, 0.6) is 0 Å². The first-order valence-electron chi connectivity index (χ1n) is 12.2. The maximum absolute atomic E-state index is 5.25. The van der Waals surface area contributed by atoms with Gasteiger partial charge in [0, 0.05) is 0 Å². The summed E-state index contributed by atoms with van der Waals surface area (Å²) in [6.45, 7) is 1.35. The number of benzene rings is 4. The Morgan fingerprint density at radius 2 is 0.615 bits per heavy atom. The fraction of sp³-hybridized carbons (Fsp3) is 0.200. The maximum atomic E-state index is 5.25. The molecule has 0 aliphatic rings. The maximum Gasteiger partial charge on any atom is 4.00 e. The molecule has 0 heterocycles. The Kier molecular flexibility index (Phi) is 18.9. The second-order valence-electron chi connectivity index (χ2n) is 8.12. The molecule has 4 aromatic carbocycles. The minimum atomic E-state index is -1.96. The van der Waals surface area contributed by atoms with Crippen molar-refractivity contribution < 1.29 is 21.7 Å². The van der Waals surface area contributed by atoms with Gasteiger partial charge in [0.1, 0.15) is 0 Å². The van der Waals surface area contributed by atoms with Gasteiger partial charge in [-0.05, 0) is 0 Å². The normalized spacial score (nSPS) is 10.7. The molecule has 0 aliphatic heterocycles. The van der Waals surface area contributed by atoms with Crippen molar-refractivity contribution in [3.8, 4) is 0 Å². The van der Waals surface area contributed by atoms with Crippen molar-refractivity contribution in [3.63, 3.8) is 0 Å². The summed E-state index contributed by atoms with van der Waals surface area (Å²) in [5, 5.41) is 22.5. The number of nitrogens with zero attached hydrogens (tertiary/aromatic N) is 4. The smallest absolute Gasteiger partial charge is 4.00 e. The van der Waals surface area contributed by atoms with Crippen LogP contribution in [-0.4, -0.2) is 71.5 Å². The first-order chi connectivity index (χ1) is 18.5. The van der Waals surface area contributed by atoms with Gasteiger partial charge >= 0.3 is 229 Å². The Balaban J connectivity index is 0.000000997.